The first-order chi connectivity index (χ1) is 24.0. The molecule has 0 aromatic heterocycles. The van der Waals surface area contributed by atoms with Crippen LogP contribution in [0.25, 0.3) is 5.57 Å². The fourth-order valence-electron chi connectivity index (χ4n) is 9.14. The van der Waals surface area contributed by atoms with Gasteiger partial charge in [-0.1, -0.05) is 12.0 Å². The van der Waals surface area contributed by atoms with Gasteiger partial charge >= 0.3 is 6.09 Å². The standard InChI is InChI=1S/C40H40N4O5/c1-2-21-48-40(47)44-19-17-43(18-20-44)39(46)30-22-25(11-12-33(30)45)34-31-23-26-7-3-13-41-15-5-9-28(35(26)41)37(31)49-38-29-10-6-16-42-14-4-8-27(36(29)42)24-32(34)38/h1,11-12,22-24H,3-10,13-21H2/p+1. The molecule has 9 nitrogen and oxygen atoms in total. The van der Waals surface area contributed by atoms with Crippen LogP contribution >= 0.6 is 0 Å². The Kier molecular flexibility index (Phi) is 7.29. The van der Waals surface area contributed by atoms with Crippen molar-refractivity contribution in [2.45, 2.75) is 51.4 Å². The fourth-order valence-corrected chi connectivity index (χ4v) is 9.14. The number of nitrogens with zero attached hydrogens (tertiary/aromatic N) is 4. The molecular formula is C40H41N4O5+. The molecule has 0 saturated carbocycles. The maximum atomic E-state index is 14.0. The van der Waals surface area contributed by atoms with Gasteiger partial charge in [0.25, 0.3) is 5.91 Å². The van der Waals surface area contributed by atoms with E-state index in [1.807, 2.05) is 12.1 Å². The third-order valence-corrected chi connectivity index (χ3v) is 11.3. The Balaban J connectivity index is 1.19. The lowest BCUT2D eigenvalue weighted by Gasteiger charge is -2.39. The number of piperazine rings is 1. The molecule has 9 heteroatoms. The van der Waals surface area contributed by atoms with Crippen molar-refractivity contribution in [3.05, 3.63) is 79.9 Å². The number of phenolic OH excluding ortho intramolecular Hbond substituents is 1. The summed E-state index contributed by atoms with van der Waals surface area (Å²) in [6.45, 7) is 5.60. The number of benzene rings is 3. The lowest BCUT2D eigenvalue weighted by molar-refractivity contribution is 0.0581. The minimum Gasteiger partial charge on any atom is -0.507 e. The van der Waals surface area contributed by atoms with Gasteiger partial charge in [0, 0.05) is 85.3 Å². The molecule has 0 spiro atoms. The number of carbonyl (C=O) groups excluding carboxylic acids is 2. The molecule has 250 valence electrons. The van der Waals surface area contributed by atoms with Gasteiger partial charge in [0.2, 0.25) is 5.36 Å². The van der Waals surface area contributed by atoms with E-state index in [9.17, 15) is 14.7 Å². The summed E-state index contributed by atoms with van der Waals surface area (Å²) in [5, 5.41) is 13.6. The molecular weight excluding hydrogens is 616 g/mol. The highest BCUT2D eigenvalue weighted by Gasteiger charge is 2.36. The van der Waals surface area contributed by atoms with Gasteiger partial charge in [-0.05, 0) is 73.9 Å². The average Bonchev–Trinajstić information content (AvgIpc) is 3.14. The molecule has 1 fully saturated rings. The van der Waals surface area contributed by atoms with Gasteiger partial charge in [0.15, 0.2) is 6.61 Å². The van der Waals surface area contributed by atoms with Gasteiger partial charge < -0.3 is 29.3 Å². The highest BCUT2D eigenvalue weighted by molar-refractivity contribution is 5.99. The van der Waals surface area contributed by atoms with Crippen molar-refractivity contribution < 1.29 is 24.2 Å². The number of fused-ring (bicyclic) bond motifs is 4. The normalized spacial score (nSPS) is 18.8. The molecule has 0 radical (unpaired) electrons. The number of aromatic hydroxyl groups is 1. The number of ether oxygens (including phenoxy) is 2. The summed E-state index contributed by atoms with van der Waals surface area (Å²) in [5.41, 5.74) is 10.1. The molecule has 0 aliphatic carbocycles. The summed E-state index contributed by atoms with van der Waals surface area (Å²) >= 11 is 0. The molecule has 2 amide bonds. The van der Waals surface area contributed by atoms with E-state index in [1.165, 1.54) is 33.3 Å². The highest BCUT2D eigenvalue weighted by Crippen LogP contribution is 2.48. The van der Waals surface area contributed by atoms with Crippen LogP contribution in [0.2, 0.25) is 0 Å². The van der Waals surface area contributed by atoms with Crippen LogP contribution in [0.3, 0.4) is 0 Å². The fraction of sp³-hybridized carbons (Fsp3) is 0.425. The monoisotopic (exact) mass is 657 g/mol. The molecule has 3 aromatic carbocycles. The van der Waals surface area contributed by atoms with Crippen LogP contribution in [0, 0.1) is 12.3 Å². The van der Waals surface area contributed by atoms with Crippen LogP contribution in [0.5, 0.6) is 17.2 Å². The SMILES string of the molecule is C#CCOC(=O)N1CCN(C(=O)c2cc(C3=c4cc5c6c(c4Oc4c3cc3c7c4CCCN7CCC3)CCC[N+]=6CCC5)ccc2O)CC1. The van der Waals surface area contributed by atoms with Crippen molar-refractivity contribution >= 4 is 23.3 Å². The van der Waals surface area contributed by atoms with Crippen LogP contribution in [0.15, 0.2) is 30.3 Å². The molecule has 1 saturated heterocycles. The minimum atomic E-state index is -0.475. The Morgan fingerprint density at radius 3 is 2.41 bits per heavy atom. The maximum absolute atomic E-state index is 14.0. The molecule has 1 N–H and O–H groups in total. The highest BCUT2D eigenvalue weighted by atomic mass is 16.6. The molecule has 6 aliphatic heterocycles. The Morgan fingerprint density at radius 2 is 1.59 bits per heavy atom. The van der Waals surface area contributed by atoms with Crippen LogP contribution in [-0.2, 0) is 30.4 Å². The lowest BCUT2D eigenvalue weighted by atomic mass is 9.82. The minimum absolute atomic E-state index is 0.0509. The first kappa shape index (κ1) is 30.1. The topological polar surface area (TPSA) is 85.6 Å². The van der Waals surface area contributed by atoms with Crippen molar-refractivity contribution in [3.63, 3.8) is 0 Å². The first-order valence-electron chi connectivity index (χ1n) is 17.9. The van der Waals surface area contributed by atoms with E-state index < -0.39 is 6.09 Å². The molecule has 49 heavy (non-hydrogen) atoms. The van der Waals surface area contributed by atoms with E-state index in [4.69, 9.17) is 15.9 Å². The number of phenols is 1. The summed E-state index contributed by atoms with van der Waals surface area (Å²) in [4.78, 5) is 32.2. The first-order valence-corrected chi connectivity index (χ1v) is 17.9. The molecule has 0 unspecified atom stereocenters. The number of aryl methyl sites for hydroxylation is 2. The number of hydrogen-bond donors (Lipinski definition) is 1. The summed E-state index contributed by atoms with van der Waals surface area (Å²) in [6.07, 6.45) is 13.3. The maximum Gasteiger partial charge on any atom is 0.410 e. The molecule has 9 rings (SSSR count). The number of terminal acetylenes is 1. The van der Waals surface area contributed by atoms with E-state index in [0.29, 0.717) is 26.2 Å². The van der Waals surface area contributed by atoms with E-state index in [2.05, 4.69) is 27.5 Å². The largest absolute Gasteiger partial charge is 0.507 e. The van der Waals surface area contributed by atoms with Gasteiger partial charge in [-0.15, -0.1) is 6.42 Å². The second kappa shape index (κ2) is 11.9. The Bertz CT molecular complexity index is 2100. The van der Waals surface area contributed by atoms with Gasteiger partial charge in [0.05, 0.1) is 11.1 Å². The predicted octanol–water partition coefficient (Wildman–Crippen LogP) is 3.36. The van der Waals surface area contributed by atoms with Gasteiger partial charge in [-0.2, -0.15) is 0 Å². The predicted molar refractivity (Wildman–Crippen MR) is 186 cm³/mol. The Hall–Kier alpha value is -4.97. The van der Waals surface area contributed by atoms with Crippen molar-refractivity contribution in [2.75, 3.05) is 63.9 Å². The smallest absolute Gasteiger partial charge is 0.410 e. The van der Waals surface area contributed by atoms with Crippen LogP contribution in [0.4, 0.5) is 10.5 Å². The molecule has 3 aromatic rings. The van der Waals surface area contributed by atoms with E-state index in [0.717, 1.165) is 111 Å². The lowest BCUT2D eigenvalue weighted by Crippen LogP contribution is -2.50. The summed E-state index contributed by atoms with van der Waals surface area (Å²) < 4.78 is 14.8. The summed E-state index contributed by atoms with van der Waals surface area (Å²) in [6, 6.07) is 10.2. The Morgan fingerprint density at radius 1 is 0.857 bits per heavy atom. The number of amides is 2. The van der Waals surface area contributed by atoms with Gasteiger partial charge in [-0.3, -0.25) is 4.79 Å². The van der Waals surface area contributed by atoms with Crippen LogP contribution < -0.4 is 24.8 Å². The third kappa shape index (κ3) is 4.86. The number of anilines is 1. The van der Waals surface area contributed by atoms with Crippen molar-refractivity contribution in [2.24, 2.45) is 0 Å². The molecule has 6 heterocycles. The average molecular weight is 658 g/mol. The second-order valence-corrected chi connectivity index (χ2v) is 14.1. The zero-order chi connectivity index (χ0) is 33.2. The molecule has 6 aliphatic rings. The summed E-state index contributed by atoms with van der Waals surface area (Å²) in [5.74, 6) is 3.94. The number of carbonyl (C=O) groups is 2. The second-order valence-electron chi connectivity index (χ2n) is 14.1. The number of hydrogen-bond acceptors (Lipinski definition) is 6. The van der Waals surface area contributed by atoms with Gasteiger partial charge in [0.1, 0.15) is 30.3 Å². The summed E-state index contributed by atoms with van der Waals surface area (Å²) in [7, 11) is 0. The number of rotatable bonds is 3. The Labute approximate surface area is 286 Å². The van der Waals surface area contributed by atoms with E-state index >= 15 is 0 Å². The zero-order valence-corrected chi connectivity index (χ0v) is 27.9. The molecule has 0 bridgehead atoms. The quantitative estimate of drug-likeness (QED) is 0.269. The van der Waals surface area contributed by atoms with E-state index in [1.54, 1.807) is 15.9 Å². The van der Waals surface area contributed by atoms with Crippen molar-refractivity contribution in [3.8, 4) is 29.6 Å². The van der Waals surface area contributed by atoms with Crippen LogP contribution in [0.1, 0.15) is 69.4 Å². The molecule has 0 atom stereocenters. The van der Waals surface area contributed by atoms with Crippen molar-refractivity contribution in [1.82, 2.24) is 14.4 Å². The van der Waals surface area contributed by atoms with Crippen molar-refractivity contribution in [1.29, 1.82) is 0 Å². The zero-order valence-electron chi connectivity index (χ0n) is 27.9. The van der Waals surface area contributed by atoms with E-state index in [-0.39, 0.29) is 23.8 Å². The van der Waals surface area contributed by atoms with Gasteiger partial charge in [-0.25, -0.2) is 9.37 Å². The van der Waals surface area contributed by atoms with Crippen LogP contribution in [-0.4, -0.2) is 85.9 Å². The third-order valence-electron chi connectivity index (χ3n) is 11.3.